The Kier molecular flexibility index (Phi) is 7.01. The molecule has 1 unspecified atom stereocenters. The zero-order valence-corrected chi connectivity index (χ0v) is 17.9. The molecule has 2 fully saturated rings. The molecule has 1 spiro atoms. The van der Waals surface area contributed by atoms with Crippen molar-refractivity contribution in [3.8, 4) is 11.4 Å². The van der Waals surface area contributed by atoms with Crippen LogP contribution >= 0.6 is 24.8 Å². The fourth-order valence-corrected chi connectivity index (χ4v) is 4.49. The molecule has 156 valence electrons. The van der Waals surface area contributed by atoms with Crippen LogP contribution in [0.2, 0.25) is 0 Å². The Balaban J connectivity index is 0.00000120. The molecule has 1 aromatic carbocycles. The Morgan fingerprint density at radius 2 is 1.90 bits per heavy atom. The van der Waals surface area contributed by atoms with Crippen molar-refractivity contribution in [3.63, 3.8) is 0 Å². The number of benzene rings is 1. The molecule has 1 atom stereocenters. The maximum absolute atomic E-state index is 6.32. The van der Waals surface area contributed by atoms with Crippen molar-refractivity contribution in [2.75, 3.05) is 19.7 Å². The number of imidazole rings is 1. The topological polar surface area (TPSA) is 56.9 Å². The Morgan fingerprint density at radius 1 is 1.07 bits per heavy atom. The fourth-order valence-electron chi connectivity index (χ4n) is 4.49. The van der Waals surface area contributed by atoms with Crippen LogP contribution in [0.3, 0.4) is 0 Å². The first-order chi connectivity index (χ1) is 13.3. The average molecular weight is 436 g/mol. The van der Waals surface area contributed by atoms with Gasteiger partial charge >= 0.3 is 0 Å². The number of rotatable bonds is 4. The zero-order chi connectivity index (χ0) is 18.1. The molecule has 2 aliphatic heterocycles. The van der Waals surface area contributed by atoms with Crippen LogP contribution in [-0.4, -0.2) is 44.6 Å². The average Bonchev–Trinajstić information content (AvgIpc) is 3.44. The lowest BCUT2D eigenvalue weighted by molar-refractivity contribution is -0.0195. The highest BCUT2D eigenvalue weighted by atomic mass is 35.5. The summed E-state index contributed by atoms with van der Waals surface area (Å²) in [5.74, 6) is 1.03. The standard InChI is InChI=1S/C21H25N5O.2ClH/c1-2-5-19(17(4-1)15-25-12-3-8-24-25)20-23-11-13-26(20)18-14-21(27-16-18)6-9-22-10-7-21;;/h1-5,8,11-13,18,22H,6-7,9-10,14-16H2;2*1H. The van der Waals surface area contributed by atoms with Gasteiger partial charge < -0.3 is 14.6 Å². The van der Waals surface area contributed by atoms with Crippen molar-refractivity contribution < 1.29 is 4.74 Å². The number of hydrogen-bond acceptors (Lipinski definition) is 4. The quantitative estimate of drug-likeness (QED) is 0.678. The van der Waals surface area contributed by atoms with Gasteiger partial charge in [-0.05, 0) is 44.0 Å². The van der Waals surface area contributed by atoms with Gasteiger partial charge in [-0.15, -0.1) is 24.8 Å². The maximum Gasteiger partial charge on any atom is 0.140 e. The van der Waals surface area contributed by atoms with E-state index in [0.717, 1.165) is 51.3 Å². The summed E-state index contributed by atoms with van der Waals surface area (Å²) < 4.78 is 10.6. The van der Waals surface area contributed by atoms with Gasteiger partial charge in [0.1, 0.15) is 5.82 Å². The van der Waals surface area contributed by atoms with Crippen LogP contribution in [0.25, 0.3) is 11.4 Å². The summed E-state index contributed by atoms with van der Waals surface area (Å²) in [6.07, 6.45) is 11.1. The first-order valence-corrected chi connectivity index (χ1v) is 9.76. The molecule has 29 heavy (non-hydrogen) atoms. The first kappa shape index (κ1) is 21.8. The lowest BCUT2D eigenvalue weighted by Gasteiger charge is -2.33. The number of halogens is 2. The highest BCUT2D eigenvalue weighted by Gasteiger charge is 2.42. The molecular formula is C21H27Cl2N5O. The number of hydrogen-bond donors (Lipinski definition) is 1. The predicted octanol–water partition coefficient (Wildman–Crippen LogP) is 3.72. The Labute approximate surface area is 183 Å². The summed E-state index contributed by atoms with van der Waals surface area (Å²) in [5, 5.41) is 7.80. The third kappa shape index (κ3) is 4.36. The molecule has 3 aromatic rings. The monoisotopic (exact) mass is 435 g/mol. The SMILES string of the molecule is Cl.Cl.c1ccc(-c2nccn2C2COC3(CCNCC3)C2)c(Cn2cccn2)c1. The summed E-state index contributed by atoms with van der Waals surface area (Å²) in [6.45, 7) is 3.61. The van der Waals surface area contributed by atoms with Crippen molar-refractivity contribution in [1.29, 1.82) is 0 Å². The molecule has 4 heterocycles. The van der Waals surface area contributed by atoms with Crippen LogP contribution in [0.5, 0.6) is 0 Å². The normalized spacial score (nSPS) is 20.2. The van der Waals surface area contributed by atoms with E-state index < -0.39 is 0 Å². The molecule has 2 aliphatic rings. The van der Waals surface area contributed by atoms with Crippen LogP contribution in [-0.2, 0) is 11.3 Å². The number of piperidine rings is 1. The Hall–Kier alpha value is -1.86. The predicted molar refractivity (Wildman–Crippen MR) is 118 cm³/mol. The Bertz CT molecular complexity index is 905. The molecule has 6 nitrogen and oxygen atoms in total. The lowest BCUT2D eigenvalue weighted by Crippen LogP contribution is -2.41. The fraction of sp³-hybridized carbons (Fsp3) is 0.429. The summed E-state index contributed by atoms with van der Waals surface area (Å²) in [7, 11) is 0. The number of aromatic nitrogens is 4. The second-order valence-corrected chi connectivity index (χ2v) is 7.62. The third-order valence-electron chi connectivity index (χ3n) is 5.92. The number of nitrogens with zero attached hydrogens (tertiary/aromatic N) is 4. The Morgan fingerprint density at radius 3 is 2.69 bits per heavy atom. The third-order valence-corrected chi connectivity index (χ3v) is 5.92. The molecule has 8 heteroatoms. The van der Waals surface area contributed by atoms with E-state index in [4.69, 9.17) is 9.72 Å². The molecule has 0 amide bonds. The second kappa shape index (κ2) is 9.30. The van der Waals surface area contributed by atoms with Crippen molar-refractivity contribution >= 4 is 24.8 Å². The molecule has 5 rings (SSSR count). The lowest BCUT2D eigenvalue weighted by atomic mass is 9.88. The molecule has 0 bridgehead atoms. The van der Waals surface area contributed by atoms with E-state index >= 15 is 0 Å². The van der Waals surface area contributed by atoms with E-state index in [-0.39, 0.29) is 30.4 Å². The van der Waals surface area contributed by atoms with E-state index in [1.54, 1.807) is 0 Å². The molecule has 2 saturated heterocycles. The van der Waals surface area contributed by atoms with Crippen LogP contribution in [0.4, 0.5) is 0 Å². The summed E-state index contributed by atoms with van der Waals surface area (Å²) >= 11 is 0. The molecular weight excluding hydrogens is 409 g/mol. The van der Waals surface area contributed by atoms with Gasteiger partial charge in [0.15, 0.2) is 0 Å². The van der Waals surface area contributed by atoms with Gasteiger partial charge in [-0.25, -0.2) is 4.98 Å². The maximum atomic E-state index is 6.32. The van der Waals surface area contributed by atoms with Crippen molar-refractivity contribution in [1.82, 2.24) is 24.6 Å². The van der Waals surface area contributed by atoms with Crippen LogP contribution < -0.4 is 5.32 Å². The van der Waals surface area contributed by atoms with Crippen molar-refractivity contribution in [2.45, 2.75) is 37.5 Å². The van der Waals surface area contributed by atoms with Crippen LogP contribution in [0, 0.1) is 0 Å². The minimum absolute atomic E-state index is 0. The van der Waals surface area contributed by atoms with Gasteiger partial charge in [-0.2, -0.15) is 5.10 Å². The van der Waals surface area contributed by atoms with Gasteiger partial charge in [-0.3, -0.25) is 4.68 Å². The van der Waals surface area contributed by atoms with Gasteiger partial charge in [0.25, 0.3) is 0 Å². The van der Waals surface area contributed by atoms with Crippen molar-refractivity contribution in [2.24, 2.45) is 0 Å². The minimum atomic E-state index is 0. The van der Waals surface area contributed by atoms with Gasteiger partial charge in [0, 0.05) is 30.4 Å². The van der Waals surface area contributed by atoms with E-state index in [1.165, 1.54) is 11.1 Å². The highest BCUT2D eigenvalue weighted by molar-refractivity contribution is 5.85. The van der Waals surface area contributed by atoms with Crippen molar-refractivity contribution in [3.05, 3.63) is 60.7 Å². The second-order valence-electron chi connectivity index (χ2n) is 7.62. The largest absolute Gasteiger partial charge is 0.373 e. The summed E-state index contributed by atoms with van der Waals surface area (Å²) in [5.41, 5.74) is 2.44. The van der Waals surface area contributed by atoms with Gasteiger partial charge in [0.05, 0.1) is 24.8 Å². The zero-order valence-electron chi connectivity index (χ0n) is 16.2. The summed E-state index contributed by atoms with van der Waals surface area (Å²) in [6, 6.07) is 10.8. The van der Waals surface area contributed by atoms with E-state index in [2.05, 4.69) is 45.4 Å². The summed E-state index contributed by atoms with van der Waals surface area (Å²) in [4.78, 5) is 4.72. The molecule has 0 aliphatic carbocycles. The van der Waals surface area contributed by atoms with Gasteiger partial charge in [-0.1, -0.05) is 24.3 Å². The number of ether oxygens (including phenoxy) is 1. The minimum Gasteiger partial charge on any atom is -0.373 e. The van der Waals surface area contributed by atoms with Gasteiger partial charge in [0.2, 0.25) is 0 Å². The highest BCUT2D eigenvalue weighted by Crippen LogP contribution is 2.40. The molecule has 0 radical (unpaired) electrons. The van der Waals surface area contributed by atoms with E-state index in [9.17, 15) is 0 Å². The first-order valence-electron chi connectivity index (χ1n) is 9.76. The smallest absolute Gasteiger partial charge is 0.140 e. The van der Waals surface area contributed by atoms with E-state index in [1.807, 2.05) is 29.3 Å². The van der Waals surface area contributed by atoms with Crippen LogP contribution in [0.15, 0.2) is 55.1 Å². The number of nitrogens with one attached hydrogen (secondary N) is 1. The molecule has 0 saturated carbocycles. The van der Waals surface area contributed by atoms with E-state index in [0.29, 0.717) is 6.04 Å². The molecule has 2 aromatic heterocycles. The molecule has 1 N–H and O–H groups in total. The van der Waals surface area contributed by atoms with Crippen LogP contribution in [0.1, 0.15) is 30.9 Å².